The Labute approximate surface area is 110 Å². The van der Waals surface area contributed by atoms with Crippen molar-refractivity contribution in [1.29, 1.82) is 0 Å². The minimum atomic E-state index is -4.41. The fourth-order valence-electron chi connectivity index (χ4n) is 0.836. The molecule has 0 saturated heterocycles. The van der Waals surface area contributed by atoms with Crippen LogP contribution in [0.25, 0.3) is 0 Å². The molecule has 0 aromatic carbocycles. The van der Waals surface area contributed by atoms with Gasteiger partial charge in [0, 0.05) is 9.85 Å². The van der Waals surface area contributed by atoms with E-state index in [4.69, 9.17) is 0 Å². The molecule has 0 radical (unpaired) electrons. The lowest BCUT2D eigenvalue weighted by atomic mass is 10.3. The fourth-order valence-corrected chi connectivity index (χ4v) is 2.96. The largest absolute Gasteiger partial charge is 0.411 e. The Morgan fingerprint density at radius 1 is 1.44 bits per heavy atom. The molecule has 16 heavy (non-hydrogen) atoms. The summed E-state index contributed by atoms with van der Waals surface area (Å²) in [4.78, 5) is 11.8. The normalized spacial score (nSPS) is 11.8. The number of hydrogen-bond acceptors (Lipinski definition) is 3. The second kappa shape index (κ2) is 5.61. The van der Waals surface area contributed by atoms with Gasteiger partial charge in [-0.05, 0) is 31.9 Å². The molecular weight excluding hydrogens is 377 g/mol. The van der Waals surface area contributed by atoms with Gasteiger partial charge in [0.1, 0.15) is 13.2 Å². The van der Waals surface area contributed by atoms with Crippen LogP contribution < -0.4 is 0 Å². The van der Waals surface area contributed by atoms with Crippen LogP contribution in [0.5, 0.6) is 0 Å². The molecule has 0 unspecified atom stereocenters. The molecule has 90 valence electrons. The van der Waals surface area contributed by atoms with E-state index < -0.39 is 25.2 Å². The van der Waals surface area contributed by atoms with E-state index in [-0.39, 0.29) is 0 Å². The van der Waals surface area contributed by atoms with E-state index in [1.54, 1.807) is 5.38 Å². The summed E-state index contributed by atoms with van der Waals surface area (Å²) in [5.41, 5.74) is 0. The maximum Gasteiger partial charge on any atom is 0.411 e. The van der Waals surface area contributed by atoms with Crippen molar-refractivity contribution in [1.82, 2.24) is 0 Å². The summed E-state index contributed by atoms with van der Waals surface area (Å²) in [6, 6.07) is 0. The first-order chi connectivity index (χ1) is 7.31. The highest BCUT2D eigenvalue weighted by atomic mass is 79.9. The number of alkyl halides is 3. The van der Waals surface area contributed by atoms with Gasteiger partial charge in [-0.25, -0.2) is 0 Å². The van der Waals surface area contributed by atoms with Crippen LogP contribution in [0, 0.1) is 0 Å². The molecule has 1 rings (SSSR count). The molecule has 0 saturated carbocycles. The maximum atomic E-state index is 11.7. The summed E-state index contributed by atoms with van der Waals surface area (Å²) in [5, 5.41) is 1.67. The summed E-state index contributed by atoms with van der Waals surface area (Å²) < 4.78 is 40.7. The molecule has 0 fully saturated rings. The monoisotopic (exact) mass is 380 g/mol. The van der Waals surface area contributed by atoms with Crippen LogP contribution in [0.2, 0.25) is 0 Å². The zero-order valence-corrected chi connectivity index (χ0v) is 11.6. The van der Waals surface area contributed by atoms with Gasteiger partial charge in [-0.2, -0.15) is 13.2 Å². The number of rotatable bonds is 4. The molecule has 1 heterocycles. The molecular formula is C8H5Br2F3O2S. The van der Waals surface area contributed by atoms with Gasteiger partial charge in [-0.15, -0.1) is 11.3 Å². The number of thiophene rings is 1. The third kappa shape index (κ3) is 4.15. The van der Waals surface area contributed by atoms with Crippen molar-refractivity contribution >= 4 is 49.0 Å². The Balaban J connectivity index is 2.51. The lowest BCUT2D eigenvalue weighted by Crippen LogP contribution is -2.20. The van der Waals surface area contributed by atoms with Gasteiger partial charge >= 0.3 is 6.18 Å². The Morgan fingerprint density at radius 2 is 2.06 bits per heavy atom. The van der Waals surface area contributed by atoms with Crippen LogP contribution in [-0.2, 0) is 4.74 Å². The lowest BCUT2D eigenvalue weighted by molar-refractivity contribution is -0.170. The van der Waals surface area contributed by atoms with Crippen molar-refractivity contribution in [3.8, 4) is 0 Å². The topological polar surface area (TPSA) is 26.3 Å². The summed E-state index contributed by atoms with van der Waals surface area (Å²) in [6.07, 6.45) is -4.41. The van der Waals surface area contributed by atoms with Crippen LogP contribution in [0.3, 0.4) is 0 Å². The molecule has 0 spiro atoms. The predicted molar refractivity (Wildman–Crippen MR) is 60.9 cm³/mol. The van der Waals surface area contributed by atoms with Gasteiger partial charge in [-0.1, -0.05) is 0 Å². The first-order valence-corrected chi connectivity index (χ1v) is 6.38. The first kappa shape index (κ1) is 14.1. The molecule has 0 bridgehead atoms. The summed E-state index contributed by atoms with van der Waals surface area (Å²) >= 11 is 7.46. The Bertz CT molecular complexity index is 389. The van der Waals surface area contributed by atoms with Crippen molar-refractivity contribution in [2.75, 3.05) is 13.2 Å². The number of halogens is 5. The zero-order valence-electron chi connectivity index (χ0n) is 7.61. The Morgan fingerprint density at radius 3 is 2.50 bits per heavy atom. The zero-order chi connectivity index (χ0) is 12.3. The summed E-state index contributed by atoms with van der Waals surface area (Å²) in [5.74, 6) is -0.480. The highest BCUT2D eigenvalue weighted by Crippen LogP contribution is 2.32. The van der Waals surface area contributed by atoms with E-state index in [0.717, 1.165) is 11.3 Å². The van der Waals surface area contributed by atoms with Crippen molar-refractivity contribution in [3.63, 3.8) is 0 Å². The quantitative estimate of drug-likeness (QED) is 0.736. The highest BCUT2D eigenvalue weighted by Gasteiger charge is 2.28. The fraction of sp³-hybridized carbons (Fsp3) is 0.375. The number of ketones is 1. The van der Waals surface area contributed by atoms with E-state index in [0.29, 0.717) is 13.8 Å². The van der Waals surface area contributed by atoms with Gasteiger partial charge in [-0.3, -0.25) is 4.79 Å². The van der Waals surface area contributed by atoms with Crippen LogP contribution in [0.4, 0.5) is 13.2 Å². The van der Waals surface area contributed by atoms with E-state index in [1.165, 1.54) is 0 Å². The number of carbonyl (C=O) groups excluding carboxylic acids is 1. The molecule has 0 atom stereocenters. The molecule has 2 nitrogen and oxygen atoms in total. The molecule has 1 aromatic rings. The van der Waals surface area contributed by atoms with E-state index in [1.807, 2.05) is 0 Å². The van der Waals surface area contributed by atoms with Gasteiger partial charge in [0.25, 0.3) is 0 Å². The third-order valence-electron chi connectivity index (χ3n) is 1.44. The SMILES string of the molecule is O=C(COCC(F)(F)F)c1scc(Br)c1Br. The number of hydrogen-bond donors (Lipinski definition) is 0. The number of carbonyl (C=O) groups is 1. The van der Waals surface area contributed by atoms with Gasteiger partial charge in [0.2, 0.25) is 0 Å². The second-order valence-electron chi connectivity index (χ2n) is 2.76. The van der Waals surface area contributed by atoms with Crippen LogP contribution in [0.1, 0.15) is 9.67 Å². The van der Waals surface area contributed by atoms with Crippen LogP contribution in [-0.4, -0.2) is 25.2 Å². The minimum absolute atomic E-state index is 0.342. The predicted octanol–water partition coefficient (Wildman–Crippen LogP) is 4.03. The van der Waals surface area contributed by atoms with Crippen molar-refractivity contribution in [2.24, 2.45) is 0 Å². The van der Waals surface area contributed by atoms with E-state index >= 15 is 0 Å². The first-order valence-electron chi connectivity index (χ1n) is 3.91. The molecule has 0 aliphatic heterocycles. The summed E-state index contributed by atoms with van der Waals surface area (Å²) in [7, 11) is 0. The Kier molecular flexibility index (Phi) is 4.96. The van der Waals surface area contributed by atoms with Crippen LogP contribution >= 0.6 is 43.2 Å². The standard InChI is InChI=1S/C8H5Br2F3O2S/c9-4-2-16-7(6(4)10)5(14)1-15-3-8(11,12)13/h2H,1,3H2. The van der Waals surface area contributed by atoms with Gasteiger partial charge in [0.15, 0.2) is 5.78 Å². The molecule has 0 N–H and O–H groups in total. The third-order valence-corrected chi connectivity index (χ3v) is 5.01. The molecule has 0 aliphatic rings. The van der Waals surface area contributed by atoms with E-state index in [9.17, 15) is 18.0 Å². The van der Waals surface area contributed by atoms with Gasteiger partial charge in [0.05, 0.1) is 9.35 Å². The minimum Gasteiger partial charge on any atom is -0.364 e. The van der Waals surface area contributed by atoms with Crippen molar-refractivity contribution < 1.29 is 22.7 Å². The second-order valence-corrected chi connectivity index (χ2v) is 5.28. The number of ether oxygens (including phenoxy) is 1. The molecule has 0 aliphatic carbocycles. The molecule has 1 aromatic heterocycles. The molecule has 0 amide bonds. The van der Waals surface area contributed by atoms with E-state index in [2.05, 4.69) is 36.6 Å². The lowest BCUT2D eigenvalue weighted by Gasteiger charge is -2.06. The Hall–Kier alpha value is 0.0800. The average Bonchev–Trinajstić information content (AvgIpc) is 2.45. The molecule has 8 heteroatoms. The number of Topliss-reactive ketones (excluding diaryl/α,β-unsaturated/α-hetero) is 1. The maximum absolute atomic E-state index is 11.7. The van der Waals surface area contributed by atoms with Crippen LogP contribution in [0.15, 0.2) is 14.3 Å². The van der Waals surface area contributed by atoms with Gasteiger partial charge < -0.3 is 4.74 Å². The smallest absolute Gasteiger partial charge is 0.364 e. The van der Waals surface area contributed by atoms with Crippen molar-refractivity contribution in [3.05, 3.63) is 19.2 Å². The summed E-state index contributed by atoms with van der Waals surface area (Å²) in [6.45, 7) is -1.99. The average molecular weight is 382 g/mol. The van der Waals surface area contributed by atoms with Crippen molar-refractivity contribution in [2.45, 2.75) is 6.18 Å². The highest BCUT2D eigenvalue weighted by molar-refractivity contribution is 9.13.